The summed E-state index contributed by atoms with van der Waals surface area (Å²) in [6.45, 7) is 1.64. The quantitative estimate of drug-likeness (QED) is 0.671. The Morgan fingerprint density at radius 2 is 1.82 bits per heavy atom. The average molecular weight is 238 g/mol. The Morgan fingerprint density at radius 1 is 1.06 bits per heavy atom. The molecule has 1 N–H and O–H groups in total. The van der Waals surface area contributed by atoms with Crippen molar-refractivity contribution in [3.8, 4) is 5.75 Å². The monoisotopic (exact) mass is 238 g/mol. The Balaban J connectivity index is 1.90. The summed E-state index contributed by atoms with van der Waals surface area (Å²) in [6, 6.07) is 9.57. The van der Waals surface area contributed by atoms with Crippen molar-refractivity contribution < 1.29 is 19.4 Å². The van der Waals surface area contributed by atoms with Crippen molar-refractivity contribution in [1.29, 1.82) is 0 Å². The van der Waals surface area contributed by atoms with Gasteiger partial charge in [-0.2, -0.15) is 0 Å². The molecule has 0 unspecified atom stereocenters. The molecule has 0 saturated heterocycles. The first-order valence-corrected chi connectivity index (χ1v) is 5.76. The Kier molecular flexibility index (Phi) is 6.82. The van der Waals surface area contributed by atoms with E-state index in [1.54, 1.807) is 0 Å². The molecule has 94 valence electrons. The van der Waals surface area contributed by atoms with E-state index in [-0.39, 0.29) is 6.42 Å². The number of ether oxygens (including phenoxy) is 2. The van der Waals surface area contributed by atoms with Gasteiger partial charge < -0.3 is 14.6 Å². The zero-order valence-electron chi connectivity index (χ0n) is 9.80. The van der Waals surface area contributed by atoms with Crippen LogP contribution in [-0.2, 0) is 9.53 Å². The highest BCUT2D eigenvalue weighted by Crippen LogP contribution is 2.07. The maximum Gasteiger partial charge on any atom is 0.303 e. The Morgan fingerprint density at radius 3 is 2.53 bits per heavy atom. The minimum absolute atomic E-state index is 0.212. The number of carboxylic acids is 1. The molecule has 0 aliphatic carbocycles. The van der Waals surface area contributed by atoms with Crippen LogP contribution < -0.4 is 4.74 Å². The molecule has 0 aliphatic heterocycles. The number of para-hydroxylation sites is 1. The minimum Gasteiger partial charge on any atom is -0.491 e. The molecule has 1 rings (SSSR count). The Hall–Kier alpha value is -1.55. The highest BCUT2D eigenvalue weighted by atomic mass is 16.5. The molecule has 0 bridgehead atoms. The van der Waals surface area contributed by atoms with Gasteiger partial charge in [-0.1, -0.05) is 18.2 Å². The van der Waals surface area contributed by atoms with Gasteiger partial charge in [0, 0.05) is 13.0 Å². The van der Waals surface area contributed by atoms with Gasteiger partial charge in [0.15, 0.2) is 0 Å². The second-order valence-corrected chi connectivity index (χ2v) is 3.62. The molecule has 1 aromatic rings. The van der Waals surface area contributed by atoms with E-state index in [1.165, 1.54) is 0 Å². The van der Waals surface area contributed by atoms with Gasteiger partial charge in [0.2, 0.25) is 0 Å². The molecule has 4 nitrogen and oxygen atoms in total. The van der Waals surface area contributed by atoms with E-state index in [0.29, 0.717) is 26.2 Å². The van der Waals surface area contributed by atoms with Crippen LogP contribution in [0.5, 0.6) is 5.75 Å². The number of rotatable bonds is 9. The van der Waals surface area contributed by atoms with Gasteiger partial charge in [0.05, 0.1) is 6.61 Å². The van der Waals surface area contributed by atoms with E-state index in [9.17, 15) is 4.79 Å². The predicted octanol–water partition coefficient (Wildman–Crippen LogP) is 2.34. The first-order valence-electron chi connectivity index (χ1n) is 5.76. The molecule has 0 amide bonds. The lowest BCUT2D eigenvalue weighted by Crippen LogP contribution is -2.07. The third kappa shape index (κ3) is 7.36. The van der Waals surface area contributed by atoms with Gasteiger partial charge in [0.1, 0.15) is 12.4 Å². The smallest absolute Gasteiger partial charge is 0.303 e. The highest BCUT2D eigenvalue weighted by molar-refractivity contribution is 5.66. The summed E-state index contributed by atoms with van der Waals surface area (Å²) in [7, 11) is 0. The topological polar surface area (TPSA) is 55.8 Å². The molecule has 0 radical (unpaired) electrons. The zero-order chi connectivity index (χ0) is 12.3. The predicted molar refractivity (Wildman–Crippen MR) is 64.2 cm³/mol. The van der Waals surface area contributed by atoms with Crippen molar-refractivity contribution in [1.82, 2.24) is 0 Å². The van der Waals surface area contributed by atoms with E-state index in [4.69, 9.17) is 14.6 Å². The maximum atomic E-state index is 10.2. The Bertz CT molecular complexity index is 310. The maximum absolute atomic E-state index is 10.2. The van der Waals surface area contributed by atoms with Crippen LogP contribution in [0, 0.1) is 0 Å². The average Bonchev–Trinajstić information content (AvgIpc) is 2.33. The van der Waals surface area contributed by atoms with Gasteiger partial charge in [-0.25, -0.2) is 0 Å². The largest absolute Gasteiger partial charge is 0.491 e. The van der Waals surface area contributed by atoms with E-state index in [2.05, 4.69) is 0 Å². The van der Waals surface area contributed by atoms with E-state index in [1.807, 2.05) is 30.3 Å². The summed E-state index contributed by atoms with van der Waals surface area (Å²) < 4.78 is 10.8. The van der Waals surface area contributed by atoms with Crippen molar-refractivity contribution in [2.75, 3.05) is 19.8 Å². The summed E-state index contributed by atoms with van der Waals surface area (Å²) >= 11 is 0. The molecule has 0 fully saturated rings. The van der Waals surface area contributed by atoms with E-state index in [0.717, 1.165) is 12.2 Å². The van der Waals surface area contributed by atoms with Crippen LogP contribution in [-0.4, -0.2) is 30.9 Å². The fourth-order valence-corrected chi connectivity index (χ4v) is 1.32. The summed E-state index contributed by atoms with van der Waals surface area (Å²) in [5.41, 5.74) is 0. The fraction of sp³-hybridized carbons (Fsp3) is 0.462. The molecule has 1 aromatic carbocycles. The summed E-state index contributed by atoms with van der Waals surface area (Å²) in [6.07, 6.45) is 1.65. The fourth-order valence-electron chi connectivity index (χ4n) is 1.32. The lowest BCUT2D eigenvalue weighted by atomic mass is 10.2. The van der Waals surface area contributed by atoms with Crippen LogP contribution >= 0.6 is 0 Å². The summed E-state index contributed by atoms with van der Waals surface area (Å²) in [4.78, 5) is 10.2. The molecule has 4 heteroatoms. The number of benzene rings is 1. The standard InChI is InChI=1S/C13H18O4/c14-13(15)8-4-5-9-16-10-11-17-12-6-2-1-3-7-12/h1-3,6-7H,4-5,8-11H2,(H,14,15). The summed E-state index contributed by atoms with van der Waals surface area (Å²) in [5.74, 6) is 0.0828. The van der Waals surface area contributed by atoms with Crippen LogP contribution in [0.3, 0.4) is 0 Å². The third-order valence-electron chi connectivity index (χ3n) is 2.17. The van der Waals surface area contributed by atoms with Gasteiger partial charge in [-0.05, 0) is 25.0 Å². The van der Waals surface area contributed by atoms with Crippen molar-refractivity contribution in [2.24, 2.45) is 0 Å². The van der Waals surface area contributed by atoms with Crippen LogP contribution in [0.4, 0.5) is 0 Å². The number of hydrogen-bond acceptors (Lipinski definition) is 3. The van der Waals surface area contributed by atoms with Crippen LogP contribution in [0.15, 0.2) is 30.3 Å². The highest BCUT2D eigenvalue weighted by Gasteiger charge is 1.96. The molecule has 0 saturated carbocycles. The van der Waals surface area contributed by atoms with Gasteiger partial charge >= 0.3 is 5.97 Å². The second-order valence-electron chi connectivity index (χ2n) is 3.62. The molecular formula is C13H18O4. The van der Waals surface area contributed by atoms with Crippen molar-refractivity contribution in [2.45, 2.75) is 19.3 Å². The van der Waals surface area contributed by atoms with Crippen LogP contribution in [0.2, 0.25) is 0 Å². The number of carbonyl (C=O) groups is 1. The van der Waals surface area contributed by atoms with Gasteiger partial charge in [0.25, 0.3) is 0 Å². The van der Waals surface area contributed by atoms with Crippen LogP contribution in [0.1, 0.15) is 19.3 Å². The SMILES string of the molecule is O=C(O)CCCCOCCOc1ccccc1. The Labute approximate surface area is 101 Å². The van der Waals surface area contributed by atoms with E-state index < -0.39 is 5.97 Å². The zero-order valence-corrected chi connectivity index (χ0v) is 9.80. The third-order valence-corrected chi connectivity index (χ3v) is 2.17. The number of carboxylic acid groups (broad SMARTS) is 1. The van der Waals surface area contributed by atoms with Crippen molar-refractivity contribution in [3.05, 3.63) is 30.3 Å². The van der Waals surface area contributed by atoms with Gasteiger partial charge in [-0.3, -0.25) is 4.79 Å². The molecule has 17 heavy (non-hydrogen) atoms. The van der Waals surface area contributed by atoms with Gasteiger partial charge in [-0.15, -0.1) is 0 Å². The molecular weight excluding hydrogens is 220 g/mol. The molecule has 0 aliphatic rings. The van der Waals surface area contributed by atoms with E-state index >= 15 is 0 Å². The van der Waals surface area contributed by atoms with Crippen molar-refractivity contribution >= 4 is 5.97 Å². The first-order chi connectivity index (χ1) is 8.29. The first kappa shape index (κ1) is 13.5. The summed E-state index contributed by atoms with van der Waals surface area (Å²) in [5, 5.41) is 8.42. The second kappa shape index (κ2) is 8.58. The molecule has 0 aromatic heterocycles. The minimum atomic E-state index is -0.752. The van der Waals surface area contributed by atoms with Crippen molar-refractivity contribution in [3.63, 3.8) is 0 Å². The number of unbranched alkanes of at least 4 members (excludes halogenated alkanes) is 1. The molecule has 0 spiro atoms. The normalized spacial score (nSPS) is 10.1. The molecule has 0 atom stereocenters. The number of aliphatic carboxylic acids is 1. The lowest BCUT2D eigenvalue weighted by molar-refractivity contribution is -0.137. The van der Waals surface area contributed by atoms with Crippen LogP contribution in [0.25, 0.3) is 0 Å². The number of hydrogen-bond donors (Lipinski definition) is 1. The lowest BCUT2D eigenvalue weighted by Gasteiger charge is -2.06. The molecule has 0 heterocycles.